The van der Waals surface area contributed by atoms with Gasteiger partial charge in [-0.3, -0.25) is 9.36 Å². The zero-order chi connectivity index (χ0) is 21.4. The third kappa shape index (κ3) is 3.71. The van der Waals surface area contributed by atoms with Crippen LogP contribution in [0.4, 0.5) is 0 Å². The Morgan fingerprint density at radius 1 is 1.06 bits per heavy atom. The van der Waals surface area contributed by atoms with Crippen LogP contribution >= 0.6 is 0 Å². The number of rotatable bonds is 4. The summed E-state index contributed by atoms with van der Waals surface area (Å²) in [6, 6.07) is 11.6. The van der Waals surface area contributed by atoms with Gasteiger partial charge >= 0.3 is 5.69 Å². The van der Waals surface area contributed by atoms with Crippen LogP contribution in [0.25, 0.3) is 11.3 Å². The lowest BCUT2D eigenvalue weighted by atomic mass is 9.95. The molecule has 1 aliphatic heterocycles. The summed E-state index contributed by atoms with van der Waals surface area (Å²) in [4.78, 5) is 27.5. The minimum atomic E-state index is -0.112. The predicted octanol–water partition coefficient (Wildman–Crippen LogP) is 3.37. The van der Waals surface area contributed by atoms with Crippen molar-refractivity contribution in [2.45, 2.75) is 50.5 Å². The van der Waals surface area contributed by atoms with Gasteiger partial charge in [-0.15, -0.1) is 0 Å². The Kier molecular flexibility index (Phi) is 5.21. The number of hydrogen-bond donors (Lipinski definition) is 0. The molecule has 2 fully saturated rings. The van der Waals surface area contributed by atoms with Crippen molar-refractivity contribution in [2.24, 2.45) is 7.05 Å². The monoisotopic (exact) mass is 421 g/mol. The van der Waals surface area contributed by atoms with Crippen molar-refractivity contribution in [3.05, 3.63) is 58.4 Å². The number of nitrogens with zero attached hydrogens (tertiary/aromatic N) is 5. The van der Waals surface area contributed by atoms with Crippen LogP contribution in [0.15, 0.2) is 45.7 Å². The molecule has 5 rings (SSSR count). The molecule has 0 radical (unpaired) electrons. The fourth-order valence-electron chi connectivity index (χ4n) is 4.90. The number of aromatic nitrogens is 4. The smallest absolute Gasteiger partial charge is 0.345 e. The molecule has 2 aromatic heterocycles. The molecule has 0 unspecified atom stereocenters. The van der Waals surface area contributed by atoms with E-state index in [9.17, 15) is 9.59 Å². The Morgan fingerprint density at radius 2 is 1.77 bits per heavy atom. The molecule has 1 saturated heterocycles. The average molecular weight is 422 g/mol. The molecular formula is C23H27N5O3. The van der Waals surface area contributed by atoms with Gasteiger partial charge in [-0.1, -0.05) is 48.3 Å². The highest BCUT2D eigenvalue weighted by atomic mass is 16.5. The van der Waals surface area contributed by atoms with Gasteiger partial charge in [-0.25, -0.2) is 9.48 Å². The van der Waals surface area contributed by atoms with Gasteiger partial charge in [-0.2, -0.15) is 5.10 Å². The van der Waals surface area contributed by atoms with E-state index in [0.29, 0.717) is 24.5 Å². The second kappa shape index (κ2) is 8.17. The fourth-order valence-corrected chi connectivity index (χ4v) is 4.90. The van der Waals surface area contributed by atoms with E-state index < -0.39 is 0 Å². The van der Waals surface area contributed by atoms with Gasteiger partial charge in [0.2, 0.25) is 0 Å². The molecule has 1 aliphatic carbocycles. The van der Waals surface area contributed by atoms with Gasteiger partial charge in [0.15, 0.2) is 11.5 Å². The molecule has 0 N–H and O–H groups in total. The number of carbonyl (C=O) groups is 1. The van der Waals surface area contributed by atoms with Gasteiger partial charge in [0.1, 0.15) is 5.82 Å². The van der Waals surface area contributed by atoms with Crippen LogP contribution in [-0.2, 0) is 7.05 Å². The third-order valence-electron chi connectivity index (χ3n) is 6.61. The first kappa shape index (κ1) is 19.8. The van der Waals surface area contributed by atoms with E-state index in [2.05, 4.69) is 10.3 Å². The highest BCUT2D eigenvalue weighted by molar-refractivity contribution is 5.93. The van der Waals surface area contributed by atoms with E-state index in [1.807, 2.05) is 39.8 Å². The van der Waals surface area contributed by atoms with Crippen LogP contribution in [0.2, 0.25) is 0 Å². The minimum absolute atomic E-state index is 0.0172. The molecule has 1 aromatic carbocycles. The molecule has 0 atom stereocenters. The molecule has 8 nitrogen and oxygen atoms in total. The molecule has 0 bridgehead atoms. The number of likely N-dealkylation sites (tertiary alicyclic amines) is 1. The Bertz CT molecular complexity index is 1120. The number of hydrogen-bond acceptors (Lipinski definition) is 5. The molecule has 31 heavy (non-hydrogen) atoms. The first-order valence-electron chi connectivity index (χ1n) is 11.1. The van der Waals surface area contributed by atoms with E-state index in [4.69, 9.17) is 4.52 Å². The van der Waals surface area contributed by atoms with E-state index in [1.165, 1.54) is 17.5 Å². The second-order valence-corrected chi connectivity index (χ2v) is 8.58. The molecule has 1 saturated carbocycles. The van der Waals surface area contributed by atoms with E-state index in [0.717, 1.165) is 37.1 Å². The van der Waals surface area contributed by atoms with Crippen molar-refractivity contribution in [3.8, 4) is 11.3 Å². The number of piperidine rings is 1. The zero-order valence-electron chi connectivity index (χ0n) is 17.7. The highest BCUT2D eigenvalue weighted by Crippen LogP contribution is 2.34. The number of amides is 1. The Morgan fingerprint density at radius 3 is 2.48 bits per heavy atom. The summed E-state index contributed by atoms with van der Waals surface area (Å²) in [6.45, 7) is 1.24. The maximum Gasteiger partial charge on any atom is 0.345 e. The highest BCUT2D eigenvalue weighted by Gasteiger charge is 2.32. The van der Waals surface area contributed by atoms with Gasteiger partial charge in [-0.05, 0) is 25.7 Å². The lowest BCUT2D eigenvalue weighted by Gasteiger charge is -2.31. The van der Waals surface area contributed by atoms with E-state index in [1.54, 1.807) is 13.1 Å². The van der Waals surface area contributed by atoms with E-state index in [-0.39, 0.29) is 23.6 Å². The van der Waals surface area contributed by atoms with Crippen molar-refractivity contribution in [1.82, 2.24) is 24.4 Å². The molecule has 0 spiro atoms. The minimum Gasteiger partial charge on any atom is -0.355 e. The SMILES string of the molecule is Cn1nc(C2CCN(C(=O)c3cc(-c4ccccc4)on3)CC2)n(C2CCCC2)c1=O. The maximum atomic E-state index is 13.0. The van der Waals surface area contributed by atoms with Gasteiger partial charge in [0, 0.05) is 43.7 Å². The molecule has 2 aliphatic rings. The lowest BCUT2D eigenvalue weighted by molar-refractivity contribution is 0.0699. The molecule has 8 heteroatoms. The lowest BCUT2D eigenvalue weighted by Crippen LogP contribution is -2.39. The summed E-state index contributed by atoms with van der Waals surface area (Å²) in [5.74, 6) is 1.56. The summed E-state index contributed by atoms with van der Waals surface area (Å²) in [7, 11) is 1.73. The number of aryl methyl sites for hydroxylation is 1. The van der Waals surface area contributed by atoms with Crippen LogP contribution in [0.1, 0.15) is 66.8 Å². The van der Waals surface area contributed by atoms with Crippen LogP contribution in [0.3, 0.4) is 0 Å². The van der Waals surface area contributed by atoms with Crippen molar-refractivity contribution >= 4 is 5.91 Å². The standard InChI is InChI=1S/C23H27N5O3/c1-26-23(30)28(18-9-5-6-10-18)21(24-26)17-11-13-27(14-12-17)22(29)19-15-20(31-25-19)16-7-3-2-4-8-16/h2-4,7-8,15,17-18H,5-6,9-14H2,1H3. The largest absolute Gasteiger partial charge is 0.355 e. The fraction of sp³-hybridized carbons (Fsp3) is 0.478. The third-order valence-corrected chi connectivity index (χ3v) is 6.61. The quantitative estimate of drug-likeness (QED) is 0.645. The Hall–Kier alpha value is -3.16. The summed E-state index contributed by atoms with van der Waals surface area (Å²) in [6.07, 6.45) is 6.01. The van der Waals surface area contributed by atoms with Crippen molar-refractivity contribution < 1.29 is 9.32 Å². The molecule has 1 amide bonds. The number of benzene rings is 1. The van der Waals surface area contributed by atoms with Crippen LogP contribution < -0.4 is 5.69 Å². The average Bonchev–Trinajstić information content (AvgIpc) is 3.56. The van der Waals surface area contributed by atoms with Crippen molar-refractivity contribution in [2.75, 3.05) is 13.1 Å². The van der Waals surface area contributed by atoms with Crippen LogP contribution in [-0.4, -0.2) is 43.4 Å². The molecular weight excluding hydrogens is 394 g/mol. The topological polar surface area (TPSA) is 86.2 Å². The van der Waals surface area contributed by atoms with Crippen molar-refractivity contribution in [3.63, 3.8) is 0 Å². The predicted molar refractivity (Wildman–Crippen MR) is 115 cm³/mol. The van der Waals surface area contributed by atoms with Crippen molar-refractivity contribution in [1.29, 1.82) is 0 Å². The maximum absolute atomic E-state index is 13.0. The van der Waals surface area contributed by atoms with E-state index >= 15 is 0 Å². The normalized spacial score (nSPS) is 18.0. The summed E-state index contributed by atoms with van der Waals surface area (Å²) in [5.41, 5.74) is 1.21. The molecule has 3 heterocycles. The zero-order valence-corrected chi connectivity index (χ0v) is 17.7. The van der Waals surface area contributed by atoms with Gasteiger partial charge in [0.25, 0.3) is 5.91 Å². The Balaban J connectivity index is 1.28. The molecule has 162 valence electrons. The summed E-state index contributed by atoms with van der Waals surface area (Å²) < 4.78 is 8.79. The first-order valence-corrected chi connectivity index (χ1v) is 11.1. The first-order chi connectivity index (χ1) is 15.1. The van der Waals surface area contributed by atoms with Gasteiger partial charge < -0.3 is 9.42 Å². The number of carbonyl (C=O) groups excluding carboxylic acids is 1. The molecule has 3 aromatic rings. The second-order valence-electron chi connectivity index (χ2n) is 8.58. The Labute approximate surface area is 180 Å². The van der Waals surface area contributed by atoms with Gasteiger partial charge in [0.05, 0.1) is 0 Å². The van der Waals surface area contributed by atoms with Crippen LogP contribution in [0.5, 0.6) is 0 Å². The van der Waals surface area contributed by atoms with Crippen LogP contribution in [0, 0.1) is 0 Å². The summed E-state index contributed by atoms with van der Waals surface area (Å²) >= 11 is 0. The summed E-state index contributed by atoms with van der Waals surface area (Å²) in [5, 5.41) is 8.58.